The van der Waals surface area contributed by atoms with Crippen molar-refractivity contribution in [2.24, 2.45) is 11.1 Å². The molecule has 0 aromatic heterocycles. The zero-order valence-electron chi connectivity index (χ0n) is 5.46. The normalized spacial score (nSPS) is 10.0. The Kier molecular flexibility index (Phi) is 2.11. The van der Waals surface area contributed by atoms with Crippen molar-refractivity contribution >= 4 is 12.1 Å². The lowest BCUT2D eigenvalue weighted by Crippen LogP contribution is -2.32. The van der Waals surface area contributed by atoms with Crippen LogP contribution in [-0.2, 0) is 4.79 Å². The van der Waals surface area contributed by atoms with Crippen molar-refractivity contribution in [1.29, 1.82) is 0 Å². The smallest absolute Gasteiger partial charge is 0.272 e. The van der Waals surface area contributed by atoms with E-state index in [2.05, 4.69) is 4.79 Å². The second kappa shape index (κ2) is 2.42. The van der Waals surface area contributed by atoms with Gasteiger partial charge in [0.1, 0.15) is 5.41 Å². The topological polar surface area (TPSA) is 79.5 Å². The van der Waals surface area contributed by atoms with E-state index in [-0.39, 0.29) is 0 Å². The molecule has 0 saturated carbocycles. The molecule has 0 saturated heterocycles. The molecule has 0 atom stereocenters. The molecule has 0 aromatic carbocycles. The highest BCUT2D eigenvalue weighted by Crippen LogP contribution is 2.07. The Labute approximate surface area is 53.3 Å². The maximum Gasteiger partial charge on any atom is 0.272 e. The largest absolute Gasteiger partial charge is 0.369 e. The van der Waals surface area contributed by atoms with Gasteiger partial charge in [0.15, 0.2) is 0 Å². The summed E-state index contributed by atoms with van der Waals surface area (Å²) in [5, 5.41) is 0. The molecular weight excluding hydrogens is 118 g/mol. The van der Waals surface area contributed by atoms with Crippen molar-refractivity contribution in [1.82, 2.24) is 0 Å². The van der Waals surface area contributed by atoms with E-state index in [1.165, 1.54) is 0 Å². The number of primary amides is 1. The van der Waals surface area contributed by atoms with Crippen molar-refractivity contribution in [3.8, 4) is 0 Å². The molecule has 0 heterocycles. The number of rotatable bonds is 2. The highest BCUT2D eigenvalue weighted by molar-refractivity contribution is 5.94. The number of amides is 1. The first-order valence-electron chi connectivity index (χ1n) is 2.49. The van der Waals surface area contributed by atoms with Crippen LogP contribution in [0.15, 0.2) is 0 Å². The Hall–Kier alpha value is -1.15. The third kappa shape index (κ3) is 2.06. The van der Waals surface area contributed by atoms with Gasteiger partial charge in [0.2, 0.25) is 5.91 Å². The molecule has 0 aromatic rings. The first-order chi connectivity index (χ1) is 4.00. The summed E-state index contributed by atoms with van der Waals surface area (Å²) in [5.74, 6) is -0.514. The van der Waals surface area contributed by atoms with Crippen LogP contribution in [0.3, 0.4) is 0 Å². The zero-order valence-corrected chi connectivity index (χ0v) is 5.46. The van der Waals surface area contributed by atoms with E-state index in [1.807, 2.05) is 0 Å². The summed E-state index contributed by atoms with van der Waals surface area (Å²) in [6.45, 7) is 3.13. The summed E-state index contributed by atoms with van der Waals surface area (Å²) in [4.78, 5) is 13.1. The van der Waals surface area contributed by atoms with Gasteiger partial charge < -0.3 is 11.3 Å². The van der Waals surface area contributed by atoms with Crippen molar-refractivity contribution in [3.63, 3.8) is 0 Å². The zero-order chi connectivity index (χ0) is 7.49. The molecule has 9 heavy (non-hydrogen) atoms. The fraction of sp³-hybridized carbons (Fsp3) is 0.600. The predicted octanol–water partition coefficient (Wildman–Crippen LogP) is -0.201. The third-order valence-electron chi connectivity index (χ3n) is 1.02. The molecule has 0 bridgehead atoms. The van der Waals surface area contributed by atoms with Crippen molar-refractivity contribution in [2.45, 2.75) is 13.8 Å². The lowest BCUT2D eigenvalue weighted by molar-refractivity contribution is -0.124. The molecule has 0 radical (unpaired) electrons. The van der Waals surface area contributed by atoms with E-state index in [0.29, 0.717) is 0 Å². The van der Waals surface area contributed by atoms with Gasteiger partial charge >= 0.3 is 0 Å². The van der Waals surface area contributed by atoms with Gasteiger partial charge in [-0.25, -0.2) is 0 Å². The van der Waals surface area contributed by atoms with Gasteiger partial charge in [-0.3, -0.25) is 4.79 Å². The molecule has 50 valence electrons. The summed E-state index contributed by atoms with van der Waals surface area (Å²) in [6, 6.07) is 0. The van der Waals surface area contributed by atoms with Gasteiger partial charge in [-0.2, -0.15) is 4.79 Å². The van der Waals surface area contributed by atoms with E-state index in [0.717, 1.165) is 6.21 Å². The van der Waals surface area contributed by atoms with Crippen LogP contribution >= 0.6 is 0 Å². The Morgan fingerprint density at radius 1 is 1.78 bits per heavy atom. The third-order valence-corrected chi connectivity index (χ3v) is 1.02. The quantitative estimate of drug-likeness (QED) is 0.311. The fourth-order valence-corrected chi connectivity index (χ4v) is 0.208. The number of nitrogens with zero attached hydrogens (tertiary/aromatic N) is 2. The highest BCUT2D eigenvalue weighted by atomic mass is 16.1. The standard InChI is InChI=1S/C5H9N3O/c1-5(2,3-8-7)4(6)9/h3H,1-2H3,(H2,6,9). The van der Waals surface area contributed by atoms with Gasteiger partial charge in [0.05, 0.1) is 0 Å². The summed E-state index contributed by atoms with van der Waals surface area (Å²) >= 11 is 0. The van der Waals surface area contributed by atoms with Crippen LogP contribution in [0.2, 0.25) is 0 Å². The SMILES string of the molecule is CC(C)(C=[N+]=[N-])C(N)=O. The predicted molar refractivity (Wildman–Crippen MR) is 32.7 cm³/mol. The van der Waals surface area contributed by atoms with E-state index >= 15 is 0 Å². The number of carbonyl (C=O) groups excluding carboxylic acids is 1. The lowest BCUT2D eigenvalue weighted by Gasteiger charge is -2.06. The fourth-order valence-electron chi connectivity index (χ4n) is 0.208. The van der Waals surface area contributed by atoms with E-state index in [4.69, 9.17) is 11.3 Å². The summed E-state index contributed by atoms with van der Waals surface area (Å²) in [5.41, 5.74) is 12.1. The molecule has 1 amide bonds. The Balaban J connectivity index is 4.37. The van der Waals surface area contributed by atoms with Crippen LogP contribution in [0, 0.1) is 5.41 Å². The van der Waals surface area contributed by atoms with Crippen LogP contribution in [0.5, 0.6) is 0 Å². The Morgan fingerprint density at radius 3 is 2.33 bits per heavy atom. The number of carbonyl (C=O) groups is 1. The molecule has 0 aliphatic heterocycles. The molecule has 2 N–H and O–H groups in total. The maximum atomic E-state index is 10.4. The van der Waals surface area contributed by atoms with E-state index < -0.39 is 11.3 Å². The van der Waals surface area contributed by atoms with E-state index in [1.54, 1.807) is 13.8 Å². The average molecular weight is 127 g/mol. The molecule has 4 heteroatoms. The molecule has 0 fully saturated rings. The molecular formula is C5H9N3O. The Bertz CT molecular complexity index is 163. The van der Waals surface area contributed by atoms with E-state index in [9.17, 15) is 4.79 Å². The number of hydrogen-bond acceptors (Lipinski definition) is 1. The number of nitrogens with two attached hydrogens (primary N) is 1. The maximum absolute atomic E-state index is 10.4. The van der Waals surface area contributed by atoms with Crippen LogP contribution in [-0.4, -0.2) is 16.9 Å². The summed E-state index contributed by atoms with van der Waals surface area (Å²) in [7, 11) is 0. The van der Waals surface area contributed by atoms with Crippen molar-refractivity contribution < 1.29 is 9.58 Å². The minimum Gasteiger partial charge on any atom is -0.369 e. The molecule has 4 nitrogen and oxygen atoms in total. The minimum atomic E-state index is -0.852. The minimum absolute atomic E-state index is 0.514. The van der Waals surface area contributed by atoms with Crippen molar-refractivity contribution in [2.75, 3.05) is 0 Å². The summed E-state index contributed by atoms with van der Waals surface area (Å²) in [6.07, 6.45) is 1.09. The summed E-state index contributed by atoms with van der Waals surface area (Å²) < 4.78 is 0. The molecule has 0 rings (SSSR count). The van der Waals surface area contributed by atoms with Gasteiger partial charge in [0.25, 0.3) is 6.21 Å². The lowest BCUT2D eigenvalue weighted by atomic mass is 9.95. The van der Waals surface area contributed by atoms with Crippen molar-refractivity contribution in [3.05, 3.63) is 5.53 Å². The second-order valence-corrected chi connectivity index (χ2v) is 2.33. The van der Waals surface area contributed by atoms with Gasteiger partial charge in [-0.1, -0.05) is 0 Å². The van der Waals surface area contributed by atoms with Gasteiger partial charge in [-0.05, 0) is 13.8 Å². The monoisotopic (exact) mass is 127 g/mol. The molecule has 0 aliphatic carbocycles. The second-order valence-electron chi connectivity index (χ2n) is 2.33. The highest BCUT2D eigenvalue weighted by Gasteiger charge is 2.26. The van der Waals surface area contributed by atoms with Crippen LogP contribution in [0.4, 0.5) is 0 Å². The first-order valence-corrected chi connectivity index (χ1v) is 2.49. The first kappa shape index (κ1) is 7.85. The number of hydrogen-bond donors (Lipinski definition) is 1. The molecule has 0 spiro atoms. The Morgan fingerprint density at radius 2 is 2.22 bits per heavy atom. The van der Waals surface area contributed by atoms with Gasteiger partial charge in [-0.15, -0.1) is 0 Å². The van der Waals surface area contributed by atoms with Crippen LogP contribution in [0.1, 0.15) is 13.8 Å². The average Bonchev–Trinajstić information content (AvgIpc) is 1.65. The molecule has 0 unspecified atom stereocenters. The van der Waals surface area contributed by atoms with Crippen LogP contribution in [0.25, 0.3) is 5.53 Å². The van der Waals surface area contributed by atoms with Crippen LogP contribution < -0.4 is 5.73 Å². The van der Waals surface area contributed by atoms with Gasteiger partial charge in [0, 0.05) is 0 Å². The molecule has 0 aliphatic rings.